The van der Waals surface area contributed by atoms with Gasteiger partial charge < -0.3 is 20.1 Å². The molecule has 1 fully saturated rings. The summed E-state index contributed by atoms with van der Waals surface area (Å²) in [5.74, 6) is 0.447. The van der Waals surface area contributed by atoms with Gasteiger partial charge in [-0.05, 0) is 54.6 Å². The van der Waals surface area contributed by atoms with Crippen molar-refractivity contribution in [2.24, 2.45) is 0 Å². The van der Waals surface area contributed by atoms with Crippen LogP contribution in [-0.4, -0.2) is 59.0 Å². The van der Waals surface area contributed by atoms with Crippen LogP contribution in [0.2, 0.25) is 0 Å². The van der Waals surface area contributed by atoms with E-state index >= 15 is 0 Å². The molecule has 25 heavy (non-hydrogen) atoms. The summed E-state index contributed by atoms with van der Waals surface area (Å²) in [6.45, 7) is 1.50. The number of piperidine rings is 1. The van der Waals surface area contributed by atoms with E-state index in [1.807, 2.05) is 0 Å². The molecule has 2 heterocycles. The molecule has 2 N–H and O–H groups in total. The first-order valence-corrected chi connectivity index (χ1v) is 7.67. The molecular formula is C15H21ClN6O3. The molecule has 1 aromatic heterocycles. The lowest BCUT2D eigenvalue weighted by Crippen LogP contribution is -2.51. The lowest BCUT2D eigenvalue weighted by atomic mass is 9.91. The average Bonchev–Trinajstić information content (AvgIpc) is 3.16. The van der Waals surface area contributed by atoms with Crippen molar-refractivity contribution in [1.82, 2.24) is 25.5 Å². The predicted octanol–water partition coefficient (Wildman–Crippen LogP) is 0.800. The molecule has 1 aliphatic heterocycles. The lowest BCUT2D eigenvalue weighted by molar-refractivity contribution is -0.140. The minimum absolute atomic E-state index is 0. The number of carbonyl (C=O) groups is 1. The van der Waals surface area contributed by atoms with E-state index in [0.29, 0.717) is 30.0 Å². The Balaban J connectivity index is 0.00000225. The summed E-state index contributed by atoms with van der Waals surface area (Å²) < 4.78 is 12.3. The van der Waals surface area contributed by atoms with Crippen LogP contribution in [0, 0.1) is 0 Å². The molecule has 2 aromatic rings. The van der Waals surface area contributed by atoms with Crippen LogP contribution in [0.5, 0.6) is 5.75 Å². The van der Waals surface area contributed by atoms with Gasteiger partial charge in [-0.3, -0.25) is 4.79 Å². The molecule has 1 aliphatic rings. The third-order valence-electron chi connectivity index (χ3n) is 4.25. The highest BCUT2D eigenvalue weighted by Gasteiger charge is 2.39. The number of hydrogen-bond acceptors (Lipinski definition) is 7. The normalized spacial score (nSPS) is 15.9. The zero-order valence-corrected chi connectivity index (χ0v) is 14.9. The van der Waals surface area contributed by atoms with Gasteiger partial charge in [0, 0.05) is 12.8 Å². The topological polar surface area (TPSA) is 103 Å². The number of halogens is 1. The Kier molecular flexibility index (Phi) is 6.29. The quantitative estimate of drug-likeness (QED) is 0.804. The van der Waals surface area contributed by atoms with Gasteiger partial charge in [0.2, 0.25) is 0 Å². The van der Waals surface area contributed by atoms with E-state index in [2.05, 4.69) is 26.2 Å². The number of nitrogens with zero attached hydrogens (tertiary/aromatic N) is 4. The van der Waals surface area contributed by atoms with Gasteiger partial charge >= 0.3 is 0 Å². The van der Waals surface area contributed by atoms with Gasteiger partial charge in [-0.1, -0.05) is 0 Å². The van der Waals surface area contributed by atoms with Crippen molar-refractivity contribution in [2.75, 3.05) is 32.6 Å². The molecule has 136 valence electrons. The maximum atomic E-state index is 12.7. The van der Waals surface area contributed by atoms with Crippen LogP contribution in [0.1, 0.15) is 12.8 Å². The van der Waals surface area contributed by atoms with Gasteiger partial charge in [-0.15, -0.1) is 17.5 Å². The third kappa shape index (κ3) is 3.89. The van der Waals surface area contributed by atoms with Gasteiger partial charge in [0.05, 0.1) is 7.11 Å². The minimum atomic E-state index is -0.805. The minimum Gasteiger partial charge on any atom is -0.494 e. The molecule has 1 saturated heterocycles. The summed E-state index contributed by atoms with van der Waals surface area (Å²) in [4.78, 5) is 12.7. The number of tetrazole rings is 1. The fourth-order valence-electron chi connectivity index (χ4n) is 2.82. The first-order valence-electron chi connectivity index (χ1n) is 7.67. The molecule has 0 radical (unpaired) electrons. The number of benzene rings is 1. The zero-order chi connectivity index (χ0) is 17.0. The molecule has 0 spiro atoms. The van der Waals surface area contributed by atoms with Crippen LogP contribution in [0.25, 0.3) is 5.69 Å². The van der Waals surface area contributed by atoms with E-state index in [4.69, 9.17) is 9.47 Å². The fraction of sp³-hybridized carbons (Fsp3) is 0.467. The Morgan fingerprint density at radius 2 is 2.08 bits per heavy atom. The maximum Gasteiger partial charge on any atom is 0.256 e. The Morgan fingerprint density at radius 1 is 1.32 bits per heavy atom. The van der Waals surface area contributed by atoms with Gasteiger partial charge in [-0.2, -0.15) is 4.68 Å². The summed E-state index contributed by atoms with van der Waals surface area (Å²) in [7, 11) is 3.14. The van der Waals surface area contributed by atoms with Crippen molar-refractivity contribution in [3.8, 4) is 11.4 Å². The fourth-order valence-corrected chi connectivity index (χ4v) is 2.82. The SMILES string of the molecule is COc1ccc(NC(=O)C2(OC)CCNCC2)cc1-n1cnnn1.Cl. The lowest BCUT2D eigenvalue weighted by Gasteiger charge is -2.34. The summed E-state index contributed by atoms with van der Waals surface area (Å²) >= 11 is 0. The summed E-state index contributed by atoms with van der Waals surface area (Å²) in [6.07, 6.45) is 2.73. The number of rotatable bonds is 5. The average molecular weight is 369 g/mol. The van der Waals surface area contributed by atoms with E-state index in [1.165, 1.54) is 11.0 Å². The second-order valence-corrected chi connectivity index (χ2v) is 5.54. The van der Waals surface area contributed by atoms with E-state index in [9.17, 15) is 4.79 Å². The van der Waals surface area contributed by atoms with Crippen LogP contribution in [0.3, 0.4) is 0 Å². The molecule has 0 aliphatic carbocycles. The molecule has 1 amide bonds. The third-order valence-corrected chi connectivity index (χ3v) is 4.25. The van der Waals surface area contributed by atoms with E-state index < -0.39 is 5.60 Å². The van der Waals surface area contributed by atoms with Crippen LogP contribution in [0.15, 0.2) is 24.5 Å². The monoisotopic (exact) mass is 368 g/mol. The number of hydrogen-bond donors (Lipinski definition) is 2. The molecule has 0 unspecified atom stereocenters. The second-order valence-electron chi connectivity index (χ2n) is 5.54. The smallest absolute Gasteiger partial charge is 0.256 e. The summed E-state index contributed by atoms with van der Waals surface area (Å²) in [5, 5.41) is 17.3. The van der Waals surface area contributed by atoms with E-state index in [1.54, 1.807) is 32.4 Å². The Bertz CT molecular complexity index is 703. The van der Waals surface area contributed by atoms with Crippen molar-refractivity contribution >= 4 is 24.0 Å². The van der Waals surface area contributed by atoms with Crippen LogP contribution in [-0.2, 0) is 9.53 Å². The van der Waals surface area contributed by atoms with Gasteiger partial charge in [0.15, 0.2) is 0 Å². The van der Waals surface area contributed by atoms with Crippen LogP contribution < -0.4 is 15.4 Å². The predicted molar refractivity (Wildman–Crippen MR) is 93.4 cm³/mol. The highest BCUT2D eigenvalue weighted by molar-refractivity contribution is 5.97. The molecule has 10 heteroatoms. The van der Waals surface area contributed by atoms with Crippen LogP contribution >= 0.6 is 12.4 Å². The van der Waals surface area contributed by atoms with Crippen molar-refractivity contribution in [1.29, 1.82) is 0 Å². The Hall–Kier alpha value is -2.23. The van der Waals surface area contributed by atoms with Crippen molar-refractivity contribution in [2.45, 2.75) is 18.4 Å². The van der Waals surface area contributed by atoms with Crippen molar-refractivity contribution in [3.05, 3.63) is 24.5 Å². The van der Waals surface area contributed by atoms with E-state index in [-0.39, 0.29) is 18.3 Å². The number of anilines is 1. The second kappa shape index (κ2) is 8.24. The van der Waals surface area contributed by atoms with Crippen molar-refractivity contribution < 1.29 is 14.3 Å². The first-order chi connectivity index (χ1) is 11.7. The Labute approximate surface area is 151 Å². The first kappa shape index (κ1) is 19.1. The molecule has 0 atom stereocenters. The highest BCUT2D eigenvalue weighted by atomic mass is 35.5. The number of aromatic nitrogens is 4. The summed E-state index contributed by atoms with van der Waals surface area (Å²) in [6, 6.07) is 5.29. The molecular weight excluding hydrogens is 348 g/mol. The van der Waals surface area contributed by atoms with Gasteiger partial charge in [0.1, 0.15) is 23.4 Å². The molecule has 0 saturated carbocycles. The number of methoxy groups -OCH3 is 2. The number of ether oxygens (including phenoxy) is 2. The Morgan fingerprint density at radius 3 is 2.68 bits per heavy atom. The van der Waals surface area contributed by atoms with E-state index in [0.717, 1.165) is 13.1 Å². The van der Waals surface area contributed by atoms with Gasteiger partial charge in [0.25, 0.3) is 5.91 Å². The molecule has 1 aromatic carbocycles. The summed E-state index contributed by atoms with van der Waals surface area (Å²) in [5.41, 5.74) is 0.457. The van der Waals surface area contributed by atoms with Crippen molar-refractivity contribution in [3.63, 3.8) is 0 Å². The number of carbonyl (C=O) groups excluding carboxylic acids is 1. The molecule has 9 nitrogen and oxygen atoms in total. The molecule has 0 bridgehead atoms. The van der Waals surface area contributed by atoms with Gasteiger partial charge in [-0.25, -0.2) is 0 Å². The highest BCUT2D eigenvalue weighted by Crippen LogP contribution is 2.28. The number of amides is 1. The zero-order valence-electron chi connectivity index (χ0n) is 14.1. The standard InChI is InChI=1S/C15H20N6O3.ClH/c1-23-13-4-3-11(9-12(13)21-10-17-19-20-21)18-14(22)15(24-2)5-7-16-8-6-15;/h3-4,9-10,16H,5-8H2,1-2H3,(H,18,22);1H. The van der Waals surface area contributed by atoms with Crippen LogP contribution in [0.4, 0.5) is 5.69 Å². The maximum absolute atomic E-state index is 12.7. The number of nitrogens with one attached hydrogen (secondary N) is 2. The largest absolute Gasteiger partial charge is 0.494 e. The molecule has 3 rings (SSSR count).